The summed E-state index contributed by atoms with van der Waals surface area (Å²) >= 11 is 1.37. The minimum absolute atomic E-state index is 0.0651. The number of anilines is 1. The second kappa shape index (κ2) is 8.31. The Morgan fingerprint density at radius 3 is 2.71 bits per heavy atom. The van der Waals surface area contributed by atoms with Crippen molar-refractivity contribution in [2.45, 2.75) is 13.3 Å². The van der Waals surface area contributed by atoms with Crippen LogP contribution in [0.15, 0.2) is 47.8 Å². The molecule has 144 valence electrons. The Kier molecular flexibility index (Phi) is 5.43. The molecule has 1 amide bonds. The van der Waals surface area contributed by atoms with Crippen molar-refractivity contribution in [1.29, 1.82) is 0 Å². The molecule has 3 aromatic rings. The zero-order valence-corrected chi connectivity index (χ0v) is 16.3. The first-order valence-corrected chi connectivity index (χ1v) is 9.96. The van der Waals surface area contributed by atoms with Gasteiger partial charge in [0.1, 0.15) is 19.0 Å². The fourth-order valence-electron chi connectivity index (χ4n) is 2.79. The highest BCUT2D eigenvalue weighted by molar-refractivity contribution is 7.14. The number of aryl methyl sites for hydroxylation is 1. The average Bonchev–Trinajstić information content (AvgIpc) is 3.20. The van der Waals surface area contributed by atoms with E-state index in [0.717, 1.165) is 23.4 Å². The number of fused-ring (bicyclic) bond motifs is 1. The molecule has 0 saturated heterocycles. The summed E-state index contributed by atoms with van der Waals surface area (Å²) in [4.78, 5) is 16.6. The lowest BCUT2D eigenvalue weighted by atomic mass is 10.1. The maximum Gasteiger partial charge on any atom is 0.264 e. The number of hydrogen-bond donors (Lipinski definition) is 1. The monoisotopic (exact) mass is 396 g/mol. The fourth-order valence-corrected chi connectivity index (χ4v) is 3.53. The van der Waals surface area contributed by atoms with Crippen molar-refractivity contribution in [3.8, 4) is 28.5 Å². The molecule has 1 N–H and O–H groups in total. The van der Waals surface area contributed by atoms with Gasteiger partial charge in [-0.1, -0.05) is 19.1 Å². The molecule has 4 rings (SSSR count). The van der Waals surface area contributed by atoms with Crippen LogP contribution in [0.1, 0.15) is 12.5 Å². The third-order valence-corrected chi connectivity index (χ3v) is 5.05. The van der Waals surface area contributed by atoms with E-state index in [2.05, 4.69) is 17.2 Å². The van der Waals surface area contributed by atoms with Crippen LogP contribution in [-0.4, -0.2) is 30.7 Å². The van der Waals surface area contributed by atoms with Gasteiger partial charge in [0.2, 0.25) is 0 Å². The number of carbonyl (C=O) groups excluding carboxylic acids is 1. The van der Waals surface area contributed by atoms with Crippen molar-refractivity contribution in [1.82, 2.24) is 4.98 Å². The molecule has 0 fully saturated rings. The van der Waals surface area contributed by atoms with Gasteiger partial charge in [0.15, 0.2) is 23.2 Å². The highest BCUT2D eigenvalue weighted by atomic mass is 32.1. The number of hydrogen-bond acceptors (Lipinski definition) is 6. The first-order chi connectivity index (χ1) is 13.7. The number of thiazole rings is 1. The maximum absolute atomic E-state index is 12.1. The van der Waals surface area contributed by atoms with Crippen LogP contribution in [0, 0.1) is 0 Å². The molecule has 2 aromatic carbocycles. The largest absolute Gasteiger partial charge is 0.486 e. The molecule has 7 heteroatoms. The summed E-state index contributed by atoms with van der Waals surface area (Å²) in [6, 6.07) is 13.4. The Morgan fingerprint density at radius 1 is 1.14 bits per heavy atom. The molecule has 1 aromatic heterocycles. The maximum atomic E-state index is 12.1. The normalized spacial score (nSPS) is 12.5. The Hall–Kier alpha value is -3.06. The van der Waals surface area contributed by atoms with Crippen molar-refractivity contribution in [3.05, 3.63) is 53.4 Å². The van der Waals surface area contributed by atoms with Crippen molar-refractivity contribution >= 4 is 22.4 Å². The molecule has 28 heavy (non-hydrogen) atoms. The number of nitrogens with one attached hydrogen (secondary N) is 1. The highest BCUT2D eigenvalue weighted by Crippen LogP contribution is 2.35. The van der Waals surface area contributed by atoms with Gasteiger partial charge in [0, 0.05) is 10.9 Å². The molecule has 1 aliphatic rings. The van der Waals surface area contributed by atoms with E-state index in [-0.39, 0.29) is 12.5 Å². The summed E-state index contributed by atoms with van der Waals surface area (Å²) in [6.07, 6.45) is 0.969. The van der Waals surface area contributed by atoms with Gasteiger partial charge in [0.05, 0.1) is 5.69 Å². The van der Waals surface area contributed by atoms with Gasteiger partial charge in [-0.05, 0) is 42.3 Å². The molecule has 2 heterocycles. The summed E-state index contributed by atoms with van der Waals surface area (Å²) in [5, 5.41) is 5.20. The quantitative estimate of drug-likeness (QED) is 0.677. The minimum atomic E-state index is -0.248. The van der Waals surface area contributed by atoms with Crippen LogP contribution < -0.4 is 19.5 Å². The summed E-state index contributed by atoms with van der Waals surface area (Å²) < 4.78 is 16.7. The van der Waals surface area contributed by atoms with Gasteiger partial charge in [-0.15, -0.1) is 11.3 Å². The molecular weight excluding hydrogens is 376 g/mol. The molecule has 0 saturated carbocycles. The number of ether oxygens (including phenoxy) is 3. The molecule has 0 radical (unpaired) electrons. The van der Waals surface area contributed by atoms with Gasteiger partial charge < -0.3 is 14.2 Å². The minimum Gasteiger partial charge on any atom is -0.486 e. The van der Waals surface area contributed by atoms with Crippen molar-refractivity contribution in [2.24, 2.45) is 0 Å². The number of amides is 1. The smallest absolute Gasteiger partial charge is 0.264 e. The third-order valence-electron chi connectivity index (χ3n) is 4.29. The number of carbonyl (C=O) groups is 1. The standard InChI is InChI=1S/C21H20N2O4S/c1-2-14-3-6-16(7-4-14)27-12-20(24)23-21-22-17(13-28-21)15-5-8-18-19(11-15)26-10-9-25-18/h3-8,11,13H,2,9-10,12H2,1H3,(H,22,23,24). The highest BCUT2D eigenvalue weighted by Gasteiger charge is 2.14. The lowest BCUT2D eigenvalue weighted by Crippen LogP contribution is -2.20. The molecule has 0 bridgehead atoms. The Bertz CT molecular complexity index is 969. The topological polar surface area (TPSA) is 69.7 Å². The molecule has 6 nitrogen and oxygen atoms in total. The van der Waals surface area contributed by atoms with E-state index in [1.54, 1.807) is 0 Å². The van der Waals surface area contributed by atoms with Crippen molar-refractivity contribution in [3.63, 3.8) is 0 Å². The van der Waals surface area contributed by atoms with Crippen LogP contribution in [0.3, 0.4) is 0 Å². The molecule has 0 spiro atoms. The fraction of sp³-hybridized carbons (Fsp3) is 0.238. The molecule has 0 atom stereocenters. The van der Waals surface area contributed by atoms with Gasteiger partial charge in [-0.25, -0.2) is 4.98 Å². The van der Waals surface area contributed by atoms with E-state index in [0.29, 0.717) is 29.8 Å². The molecular formula is C21H20N2O4S. The van der Waals surface area contributed by atoms with Crippen LogP contribution in [0.4, 0.5) is 5.13 Å². The van der Waals surface area contributed by atoms with E-state index in [9.17, 15) is 4.79 Å². The first kappa shape index (κ1) is 18.3. The van der Waals surface area contributed by atoms with Crippen molar-refractivity contribution in [2.75, 3.05) is 25.1 Å². The summed E-state index contributed by atoms with van der Waals surface area (Å²) in [7, 11) is 0. The zero-order chi connectivity index (χ0) is 19.3. The van der Waals surface area contributed by atoms with Gasteiger partial charge in [-0.2, -0.15) is 0 Å². The van der Waals surface area contributed by atoms with Gasteiger partial charge in [0.25, 0.3) is 5.91 Å². The van der Waals surface area contributed by atoms with E-state index >= 15 is 0 Å². The number of nitrogens with zero attached hydrogens (tertiary/aromatic N) is 1. The van der Waals surface area contributed by atoms with Crippen molar-refractivity contribution < 1.29 is 19.0 Å². The lowest BCUT2D eigenvalue weighted by molar-refractivity contribution is -0.118. The first-order valence-electron chi connectivity index (χ1n) is 9.08. The zero-order valence-electron chi connectivity index (χ0n) is 15.4. The van der Waals surface area contributed by atoms with Crippen LogP contribution in [0.25, 0.3) is 11.3 Å². The van der Waals surface area contributed by atoms with Crippen LogP contribution in [-0.2, 0) is 11.2 Å². The second-order valence-corrected chi connectivity index (χ2v) is 7.09. The number of rotatable bonds is 6. The summed E-state index contributed by atoms with van der Waals surface area (Å²) in [5.74, 6) is 1.87. The SMILES string of the molecule is CCc1ccc(OCC(=O)Nc2nc(-c3ccc4c(c3)OCCO4)cs2)cc1. The van der Waals surface area contributed by atoms with E-state index < -0.39 is 0 Å². The Balaban J connectivity index is 1.35. The Morgan fingerprint density at radius 2 is 1.93 bits per heavy atom. The third kappa shape index (κ3) is 4.26. The predicted molar refractivity (Wildman–Crippen MR) is 108 cm³/mol. The molecule has 0 aliphatic carbocycles. The number of aromatic nitrogens is 1. The van der Waals surface area contributed by atoms with Crippen LogP contribution in [0.2, 0.25) is 0 Å². The second-order valence-electron chi connectivity index (χ2n) is 6.23. The van der Waals surface area contributed by atoms with E-state index in [1.807, 2.05) is 47.8 Å². The Labute approximate surface area is 167 Å². The number of benzene rings is 2. The van der Waals surface area contributed by atoms with Gasteiger partial charge >= 0.3 is 0 Å². The van der Waals surface area contributed by atoms with Crippen LogP contribution >= 0.6 is 11.3 Å². The predicted octanol–water partition coefficient (Wildman–Crippen LogP) is 4.16. The van der Waals surface area contributed by atoms with Crippen LogP contribution in [0.5, 0.6) is 17.2 Å². The lowest BCUT2D eigenvalue weighted by Gasteiger charge is -2.18. The van der Waals surface area contributed by atoms with Gasteiger partial charge in [-0.3, -0.25) is 10.1 Å². The molecule has 0 unspecified atom stereocenters. The van der Waals surface area contributed by atoms with E-state index in [4.69, 9.17) is 14.2 Å². The molecule has 1 aliphatic heterocycles. The van der Waals surface area contributed by atoms with E-state index in [1.165, 1.54) is 16.9 Å². The summed E-state index contributed by atoms with van der Waals surface area (Å²) in [5.41, 5.74) is 2.91. The average molecular weight is 396 g/mol. The summed E-state index contributed by atoms with van der Waals surface area (Å²) in [6.45, 7) is 3.13.